The molecule has 0 aromatic heterocycles. The minimum Gasteiger partial charge on any atom is -0.379 e. The summed E-state index contributed by atoms with van der Waals surface area (Å²) in [6, 6.07) is 8.37. The summed E-state index contributed by atoms with van der Waals surface area (Å²) in [7, 11) is 0. The zero-order valence-electron chi connectivity index (χ0n) is 14.2. The second kappa shape index (κ2) is 7.93. The smallest absolute Gasteiger partial charge is 0.254 e. The topological polar surface area (TPSA) is 32.8 Å². The van der Waals surface area contributed by atoms with E-state index in [-0.39, 0.29) is 5.91 Å². The number of piperidine rings is 1. The fraction of sp³-hybridized carbons (Fsp3) is 0.632. The molecule has 2 fully saturated rings. The van der Waals surface area contributed by atoms with E-state index >= 15 is 0 Å². The van der Waals surface area contributed by atoms with Crippen molar-refractivity contribution in [3.8, 4) is 0 Å². The van der Waals surface area contributed by atoms with Crippen molar-refractivity contribution in [1.82, 2.24) is 9.80 Å². The number of ether oxygens (including phenoxy) is 1. The van der Waals surface area contributed by atoms with Crippen LogP contribution in [0.1, 0.15) is 41.6 Å². The lowest BCUT2D eigenvalue weighted by Crippen LogP contribution is -2.46. The number of aryl methyl sites for hydroxylation is 1. The molecular weight excluding hydrogens is 288 g/mol. The Morgan fingerprint density at radius 3 is 2.61 bits per heavy atom. The predicted molar refractivity (Wildman–Crippen MR) is 91.7 cm³/mol. The van der Waals surface area contributed by atoms with E-state index in [1.54, 1.807) is 0 Å². The lowest BCUT2D eigenvalue weighted by molar-refractivity contribution is 0.0295. The summed E-state index contributed by atoms with van der Waals surface area (Å²) in [6.45, 7) is 7.77. The van der Waals surface area contributed by atoms with Crippen molar-refractivity contribution in [3.05, 3.63) is 35.4 Å². The van der Waals surface area contributed by atoms with E-state index < -0.39 is 0 Å². The number of amides is 1. The maximum Gasteiger partial charge on any atom is 0.254 e. The molecule has 4 nitrogen and oxygen atoms in total. The molecule has 1 unspecified atom stereocenters. The van der Waals surface area contributed by atoms with Crippen molar-refractivity contribution < 1.29 is 9.53 Å². The second-order valence-corrected chi connectivity index (χ2v) is 6.76. The standard InChI is InChI=1S/C19H28N2O2/c1-16-5-7-17(8-6-16)19(22)21-10-3-2-4-18(21)9-11-20-12-14-23-15-13-20/h5-8,18H,2-4,9-15H2,1H3. The number of carbonyl (C=O) groups excluding carboxylic acids is 1. The molecule has 1 atom stereocenters. The van der Waals surface area contributed by atoms with Crippen LogP contribution in [0.15, 0.2) is 24.3 Å². The highest BCUT2D eigenvalue weighted by Gasteiger charge is 2.27. The molecule has 2 heterocycles. The van der Waals surface area contributed by atoms with Gasteiger partial charge in [-0.1, -0.05) is 17.7 Å². The quantitative estimate of drug-likeness (QED) is 0.856. The summed E-state index contributed by atoms with van der Waals surface area (Å²) < 4.78 is 5.41. The summed E-state index contributed by atoms with van der Waals surface area (Å²) in [5, 5.41) is 0. The highest BCUT2D eigenvalue weighted by Crippen LogP contribution is 2.22. The fourth-order valence-corrected chi connectivity index (χ4v) is 3.59. The number of hydrogen-bond donors (Lipinski definition) is 0. The average Bonchev–Trinajstić information content (AvgIpc) is 2.61. The van der Waals surface area contributed by atoms with Crippen molar-refractivity contribution in [3.63, 3.8) is 0 Å². The van der Waals surface area contributed by atoms with Crippen LogP contribution in [0.5, 0.6) is 0 Å². The summed E-state index contributed by atoms with van der Waals surface area (Å²) >= 11 is 0. The molecule has 4 heteroatoms. The number of hydrogen-bond acceptors (Lipinski definition) is 3. The molecule has 0 aliphatic carbocycles. The van der Waals surface area contributed by atoms with E-state index in [2.05, 4.69) is 16.7 Å². The molecule has 2 saturated heterocycles. The SMILES string of the molecule is Cc1ccc(C(=O)N2CCCCC2CCN2CCOCC2)cc1. The van der Waals surface area contributed by atoms with Crippen LogP contribution in [0, 0.1) is 6.92 Å². The van der Waals surface area contributed by atoms with Gasteiger partial charge in [0.25, 0.3) is 5.91 Å². The minimum atomic E-state index is 0.205. The van der Waals surface area contributed by atoms with Gasteiger partial charge in [0.2, 0.25) is 0 Å². The van der Waals surface area contributed by atoms with Gasteiger partial charge in [-0.2, -0.15) is 0 Å². The van der Waals surface area contributed by atoms with Gasteiger partial charge in [0, 0.05) is 37.8 Å². The second-order valence-electron chi connectivity index (χ2n) is 6.76. The summed E-state index contributed by atoms with van der Waals surface area (Å²) in [4.78, 5) is 17.4. The van der Waals surface area contributed by atoms with Gasteiger partial charge in [-0.05, 0) is 44.7 Å². The van der Waals surface area contributed by atoms with Gasteiger partial charge in [-0.3, -0.25) is 9.69 Å². The Labute approximate surface area is 139 Å². The van der Waals surface area contributed by atoms with Gasteiger partial charge >= 0.3 is 0 Å². The molecule has 1 aromatic carbocycles. The van der Waals surface area contributed by atoms with Crippen molar-refractivity contribution in [2.24, 2.45) is 0 Å². The first kappa shape index (κ1) is 16.5. The zero-order valence-corrected chi connectivity index (χ0v) is 14.2. The van der Waals surface area contributed by atoms with Gasteiger partial charge in [0.15, 0.2) is 0 Å². The lowest BCUT2D eigenvalue weighted by Gasteiger charge is -2.37. The number of carbonyl (C=O) groups is 1. The molecule has 3 rings (SSSR count). The van der Waals surface area contributed by atoms with E-state index in [1.807, 2.05) is 24.3 Å². The molecule has 1 aromatic rings. The van der Waals surface area contributed by atoms with Crippen LogP contribution in [0.4, 0.5) is 0 Å². The summed E-state index contributed by atoms with van der Waals surface area (Å²) in [5.74, 6) is 0.205. The van der Waals surface area contributed by atoms with Crippen LogP contribution in [-0.2, 0) is 4.74 Å². The van der Waals surface area contributed by atoms with Gasteiger partial charge in [-0.15, -0.1) is 0 Å². The van der Waals surface area contributed by atoms with E-state index in [0.717, 1.165) is 64.2 Å². The van der Waals surface area contributed by atoms with Gasteiger partial charge in [0.1, 0.15) is 0 Å². The van der Waals surface area contributed by atoms with Crippen LogP contribution >= 0.6 is 0 Å². The molecule has 0 N–H and O–H groups in total. The summed E-state index contributed by atoms with van der Waals surface area (Å²) in [6.07, 6.45) is 4.59. The first-order chi connectivity index (χ1) is 11.2. The average molecular weight is 316 g/mol. The van der Waals surface area contributed by atoms with E-state index in [0.29, 0.717) is 6.04 Å². The van der Waals surface area contributed by atoms with E-state index in [9.17, 15) is 4.79 Å². The number of morpholine rings is 1. The van der Waals surface area contributed by atoms with E-state index in [4.69, 9.17) is 4.74 Å². The van der Waals surface area contributed by atoms with Gasteiger partial charge < -0.3 is 9.64 Å². The first-order valence-corrected chi connectivity index (χ1v) is 8.92. The first-order valence-electron chi connectivity index (χ1n) is 8.92. The highest BCUT2D eigenvalue weighted by atomic mass is 16.5. The number of benzene rings is 1. The molecule has 0 radical (unpaired) electrons. The molecule has 1 amide bonds. The van der Waals surface area contributed by atoms with Crippen molar-refractivity contribution in [1.29, 1.82) is 0 Å². The van der Waals surface area contributed by atoms with Crippen LogP contribution in [0.25, 0.3) is 0 Å². The Kier molecular flexibility index (Phi) is 5.68. The Hall–Kier alpha value is -1.39. The molecule has 23 heavy (non-hydrogen) atoms. The summed E-state index contributed by atoms with van der Waals surface area (Å²) in [5.41, 5.74) is 2.03. The van der Waals surface area contributed by atoms with Gasteiger partial charge in [0.05, 0.1) is 13.2 Å². The Balaban J connectivity index is 1.61. The normalized spacial score (nSPS) is 23.0. The maximum atomic E-state index is 12.9. The lowest BCUT2D eigenvalue weighted by atomic mass is 9.97. The van der Waals surface area contributed by atoms with Crippen molar-refractivity contribution in [2.75, 3.05) is 39.4 Å². The van der Waals surface area contributed by atoms with E-state index in [1.165, 1.54) is 12.0 Å². The van der Waals surface area contributed by atoms with Crippen LogP contribution in [-0.4, -0.2) is 61.1 Å². The Morgan fingerprint density at radius 1 is 1.13 bits per heavy atom. The number of likely N-dealkylation sites (tertiary alicyclic amines) is 1. The molecule has 0 saturated carbocycles. The number of nitrogens with zero attached hydrogens (tertiary/aromatic N) is 2. The fourth-order valence-electron chi connectivity index (χ4n) is 3.59. The third-order valence-corrected chi connectivity index (χ3v) is 5.07. The van der Waals surface area contributed by atoms with Crippen LogP contribution in [0.3, 0.4) is 0 Å². The molecular formula is C19H28N2O2. The Morgan fingerprint density at radius 2 is 1.87 bits per heavy atom. The third kappa shape index (κ3) is 4.33. The van der Waals surface area contributed by atoms with Crippen LogP contribution < -0.4 is 0 Å². The Bertz CT molecular complexity index is 509. The number of rotatable bonds is 4. The monoisotopic (exact) mass is 316 g/mol. The van der Waals surface area contributed by atoms with Crippen molar-refractivity contribution >= 4 is 5.91 Å². The molecule has 0 bridgehead atoms. The molecule has 2 aliphatic rings. The third-order valence-electron chi connectivity index (χ3n) is 5.07. The van der Waals surface area contributed by atoms with Gasteiger partial charge in [-0.25, -0.2) is 0 Å². The zero-order chi connectivity index (χ0) is 16.1. The molecule has 0 spiro atoms. The minimum absolute atomic E-state index is 0.205. The highest BCUT2D eigenvalue weighted by molar-refractivity contribution is 5.94. The largest absolute Gasteiger partial charge is 0.379 e. The van der Waals surface area contributed by atoms with Crippen LogP contribution in [0.2, 0.25) is 0 Å². The molecule has 2 aliphatic heterocycles. The molecule has 126 valence electrons. The maximum absolute atomic E-state index is 12.9. The van der Waals surface area contributed by atoms with Crippen molar-refractivity contribution in [2.45, 2.75) is 38.6 Å². The predicted octanol–water partition coefficient (Wildman–Crippen LogP) is 2.71.